The van der Waals surface area contributed by atoms with Crippen LogP contribution in [0.25, 0.3) is 10.9 Å². The number of aromatic nitrogens is 2. The molecule has 0 spiro atoms. The third-order valence-electron chi connectivity index (χ3n) is 5.40. The zero-order valence-corrected chi connectivity index (χ0v) is 17.8. The van der Waals surface area contributed by atoms with Crippen molar-refractivity contribution < 1.29 is 28.9 Å². The van der Waals surface area contributed by atoms with Gasteiger partial charge in [0.1, 0.15) is 11.8 Å². The number of aryl methyl sites for hydroxylation is 1. The maximum Gasteiger partial charge on any atom is 0.416 e. The molecule has 1 aliphatic heterocycles. The SMILES string of the molecule is [2H][C@]1(n2c(C)nc3ccc(CNC(=O)c4ccc(C(F)(F)F)cc4)cc3c2=O)CCC(=O)NC1=O. The number of fused-ring (bicyclic) bond motifs is 1. The predicted molar refractivity (Wildman–Crippen MR) is 115 cm³/mol. The standard InChI is InChI=1S/C23H19F3N4O4/c1-12-28-17-7-2-13(11-27-20(32)14-3-5-15(6-4-14)23(24,25)26)10-16(17)22(34)30(12)18-8-9-19(31)29-21(18)33/h2-7,10,18H,8-9,11H2,1H3,(H,27,32)(H,29,31,33)/t18-/m0/s1/i18D. The zero-order chi connectivity index (χ0) is 25.5. The molecule has 2 N–H and O–H groups in total. The maximum absolute atomic E-state index is 13.3. The highest BCUT2D eigenvalue weighted by Gasteiger charge is 2.31. The van der Waals surface area contributed by atoms with Gasteiger partial charge in [0, 0.05) is 18.5 Å². The smallest absolute Gasteiger partial charge is 0.348 e. The van der Waals surface area contributed by atoms with E-state index in [-0.39, 0.29) is 36.2 Å². The molecule has 1 aliphatic rings. The van der Waals surface area contributed by atoms with Crippen molar-refractivity contribution in [2.45, 2.75) is 38.5 Å². The second-order valence-electron chi connectivity index (χ2n) is 7.73. The van der Waals surface area contributed by atoms with Crippen molar-refractivity contribution in [3.8, 4) is 0 Å². The summed E-state index contributed by atoms with van der Waals surface area (Å²) in [6, 6.07) is 6.35. The molecule has 0 aliphatic carbocycles. The van der Waals surface area contributed by atoms with Gasteiger partial charge < -0.3 is 5.32 Å². The number of benzene rings is 2. The summed E-state index contributed by atoms with van der Waals surface area (Å²) in [5.74, 6) is -1.92. The molecular formula is C23H19F3N4O4. The van der Waals surface area contributed by atoms with E-state index in [1.165, 1.54) is 13.0 Å². The molecule has 3 amide bonds. The highest BCUT2D eigenvalue weighted by molar-refractivity contribution is 5.99. The van der Waals surface area contributed by atoms with Gasteiger partial charge in [0.15, 0.2) is 0 Å². The van der Waals surface area contributed by atoms with Crippen LogP contribution in [0.1, 0.15) is 47.5 Å². The Morgan fingerprint density at radius 1 is 1.21 bits per heavy atom. The van der Waals surface area contributed by atoms with Crippen LogP contribution in [0.15, 0.2) is 47.3 Å². The van der Waals surface area contributed by atoms with E-state index in [9.17, 15) is 32.3 Å². The summed E-state index contributed by atoms with van der Waals surface area (Å²) in [5, 5.41) is 4.76. The first-order chi connectivity index (χ1) is 16.4. The van der Waals surface area contributed by atoms with Gasteiger partial charge >= 0.3 is 6.18 Å². The van der Waals surface area contributed by atoms with Crippen LogP contribution in [-0.2, 0) is 22.3 Å². The second kappa shape index (κ2) is 8.73. The van der Waals surface area contributed by atoms with Crippen molar-refractivity contribution in [1.82, 2.24) is 20.2 Å². The van der Waals surface area contributed by atoms with Gasteiger partial charge in [-0.15, -0.1) is 0 Å². The first-order valence-corrected chi connectivity index (χ1v) is 10.2. The molecule has 2 aromatic carbocycles. The summed E-state index contributed by atoms with van der Waals surface area (Å²) in [6.07, 6.45) is -4.80. The van der Waals surface area contributed by atoms with Crippen molar-refractivity contribution in [3.05, 3.63) is 75.3 Å². The van der Waals surface area contributed by atoms with E-state index in [1.807, 2.05) is 0 Å². The molecule has 11 heteroatoms. The van der Waals surface area contributed by atoms with Crippen molar-refractivity contribution >= 4 is 28.6 Å². The molecule has 8 nitrogen and oxygen atoms in total. The van der Waals surface area contributed by atoms with Gasteiger partial charge in [-0.05, 0) is 55.3 Å². The van der Waals surface area contributed by atoms with E-state index < -0.39 is 41.0 Å². The highest BCUT2D eigenvalue weighted by atomic mass is 19.4. The van der Waals surface area contributed by atoms with Gasteiger partial charge in [0.05, 0.1) is 17.8 Å². The molecule has 1 aromatic heterocycles. The molecule has 34 heavy (non-hydrogen) atoms. The Kier molecular flexibility index (Phi) is 5.60. The van der Waals surface area contributed by atoms with Crippen LogP contribution in [0.2, 0.25) is 0 Å². The molecule has 1 fully saturated rings. The van der Waals surface area contributed by atoms with Crippen molar-refractivity contribution in [1.29, 1.82) is 0 Å². The number of carbonyl (C=O) groups excluding carboxylic acids is 3. The number of halogens is 3. The number of imide groups is 1. The molecule has 3 aromatic rings. The largest absolute Gasteiger partial charge is 0.416 e. The minimum Gasteiger partial charge on any atom is -0.348 e. The lowest BCUT2D eigenvalue weighted by molar-refractivity contribution is -0.138. The summed E-state index contributed by atoms with van der Waals surface area (Å²) in [7, 11) is 0. The summed E-state index contributed by atoms with van der Waals surface area (Å²) in [4.78, 5) is 53.9. The lowest BCUT2D eigenvalue weighted by Crippen LogP contribution is -2.45. The number of piperidine rings is 1. The fraction of sp³-hybridized carbons (Fsp3) is 0.261. The number of nitrogens with zero attached hydrogens (tertiary/aromatic N) is 2. The molecule has 4 rings (SSSR count). The van der Waals surface area contributed by atoms with Crippen LogP contribution in [0, 0.1) is 6.92 Å². The first-order valence-electron chi connectivity index (χ1n) is 10.7. The quantitative estimate of drug-likeness (QED) is 0.566. The predicted octanol–water partition coefficient (Wildman–Crippen LogP) is 2.63. The van der Waals surface area contributed by atoms with Gasteiger partial charge in [0.25, 0.3) is 11.5 Å². The number of nitrogens with one attached hydrogen (secondary N) is 2. The van der Waals surface area contributed by atoms with Crippen LogP contribution in [0.3, 0.4) is 0 Å². The van der Waals surface area contributed by atoms with Crippen LogP contribution in [-0.4, -0.2) is 27.3 Å². The van der Waals surface area contributed by atoms with Gasteiger partial charge in [-0.25, -0.2) is 4.98 Å². The molecule has 176 valence electrons. The van der Waals surface area contributed by atoms with Gasteiger partial charge in [0.2, 0.25) is 11.8 Å². The first kappa shape index (κ1) is 21.8. The minimum atomic E-state index is -4.51. The molecule has 0 radical (unpaired) electrons. The zero-order valence-electron chi connectivity index (χ0n) is 18.8. The Balaban J connectivity index is 1.60. The van der Waals surface area contributed by atoms with Crippen LogP contribution >= 0.6 is 0 Å². The lowest BCUT2D eigenvalue weighted by atomic mass is 10.0. The fourth-order valence-electron chi connectivity index (χ4n) is 3.69. The highest BCUT2D eigenvalue weighted by Crippen LogP contribution is 2.29. The van der Waals surface area contributed by atoms with Crippen LogP contribution in [0.5, 0.6) is 0 Å². The Morgan fingerprint density at radius 2 is 1.91 bits per heavy atom. The molecule has 1 saturated heterocycles. The summed E-state index contributed by atoms with van der Waals surface area (Å²) in [6.45, 7) is 1.45. The molecular weight excluding hydrogens is 453 g/mol. The van der Waals surface area contributed by atoms with E-state index >= 15 is 0 Å². The Morgan fingerprint density at radius 3 is 2.56 bits per heavy atom. The lowest BCUT2D eigenvalue weighted by Gasteiger charge is -2.24. The Labute approximate surface area is 192 Å². The Hall–Kier alpha value is -4.02. The van der Waals surface area contributed by atoms with Gasteiger partial charge in [-0.3, -0.25) is 29.1 Å². The second-order valence-corrected chi connectivity index (χ2v) is 7.73. The molecule has 0 saturated carbocycles. The van der Waals surface area contributed by atoms with E-state index in [4.69, 9.17) is 1.37 Å². The number of carbonyl (C=O) groups is 3. The number of hydrogen-bond donors (Lipinski definition) is 2. The molecule has 0 unspecified atom stereocenters. The maximum atomic E-state index is 13.3. The topological polar surface area (TPSA) is 110 Å². The summed E-state index contributed by atoms with van der Waals surface area (Å²) < 4.78 is 47.6. The van der Waals surface area contributed by atoms with Crippen LogP contribution in [0.4, 0.5) is 13.2 Å². The third-order valence-corrected chi connectivity index (χ3v) is 5.40. The molecule has 2 heterocycles. The fourth-order valence-corrected chi connectivity index (χ4v) is 3.69. The number of hydrogen-bond acceptors (Lipinski definition) is 5. The van der Waals surface area contributed by atoms with Gasteiger partial charge in [-0.1, -0.05) is 6.07 Å². The number of amides is 3. The average Bonchev–Trinajstić information content (AvgIpc) is 2.80. The van der Waals surface area contributed by atoms with Crippen molar-refractivity contribution in [2.75, 3.05) is 0 Å². The average molecular weight is 473 g/mol. The summed E-state index contributed by atoms with van der Waals surface area (Å²) >= 11 is 0. The van der Waals surface area contributed by atoms with E-state index in [1.54, 1.807) is 12.1 Å². The number of alkyl halides is 3. The van der Waals surface area contributed by atoms with Gasteiger partial charge in [-0.2, -0.15) is 13.2 Å². The Bertz CT molecular complexity index is 1420. The van der Waals surface area contributed by atoms with E-state index in [2.05, 4.69) is 15.6 Å². The molecule has 1 atom stereocenters. The monoisotopic (exact) mass is 473 g/mol. The summed E-state index contributed by atoms with van der Waals surface area (Å²) in [5.41, 5.74) is -0.673. The minimum absolute atomic E-state index is 0.0347. The third kappa shape index (κ3) is 4.54. The number of rotatable bonds is 4. The van der Waals surface area contributed by atoms with Crippen molar-refractivity contribution in [3.63, 3.8) is 0 Å². The van der Waals surface area contributed by atoms with E-state index in [0.29, 0.717) is 11.1 Å². The van der Waals surface area contributed by atoms with Crippen molar-refractivity contribution in [2.24, 2.45) is 0 Å². The normalized spacial score (nSPS) is 19.0. The van der Waals surface area contributed by atoms with E-state index in [0.717, 1.165) is 28.8 Å². The molecule has 0 bridgehead atoms. The van der Waals surface area contributed by atoms with Crippen LogP contribution < -0.4 is 16.2 Å².